The van der Waals surface area contributed by atoms with E-state index in [2.05, 4.69) is 10.6 Å². The molecule has 0 aliphatic heterocycles. The van der Waals surface area contributed by atoms with Gasteiger partial charge in [0.15, 0.2) is 0 Å². The normalized spacial score (nSPS) is 11.6. The molecule has 6 heteroatoms. The first-order valence-corrected chi connectivity index (χ1v) is 6.73. The molecular weight excluding hydrogens is 284 g/mol. The van der Waals surface area contributed by atoms with Crippen LogP contribution in [0.1, 0.15) is 11.7 Å². The fourth-order valence-corrected chi connectivity index (χ4v) is 1.92. The van der Waals surface area contributed by atoms with E-state index in [9.17, 15) is 9.90 Å². The van der Waals surface area contributed by atoms with Gasteiger partial charge in [-0.05, 0) is 29.8 Å². The number of aliphatic hydroxyl groups excluding tert-OH is 2. The second-order valence-corrected chi connectivity index (χ2v) is 4.63. The number of rotatable bonds is 5. The first-order valence-electron chi connectivity index (χ1n) is 6.73. The number of urea groups is 1. The average molecular weight is 302 g/mol. The molecule has 0 spiro atoms. The standard InChI is InChI=1S/C16H18N2O4/c1-22-14-7-3-6-13(9-14)18-16(21)17-12-5-2-4-11(8-12)15(20)10-19/h2-9,15,19-20H,10H2,1H3,(H2,17,18,21). The molecule has 4 N–H and O–H groups in total. The second-order valence-electron chi connectivity index (χ2n) is 4.63. The summed E-state index contributed by atoms with van der Waals surface area (Å²) in [4.78, 5) is 12.0. The molecule has 0 heterocycles. The summed E-state index contributed by atoms with van der Waals surface area (Å²) in [6.07, 6.45) is -0.969. The van der Waals surface area contributed by atoms with Crippen LogP contribution in [0.2, 0.25) is 0 Å². The van der Waals surface area contributed by atoms with E-state index in [1.54, 1.807) is 55.6 Å². The average Bonchev–Trinajstić information content (AvgIpc) is 2.54. The Morgan fingerprint density at radius 2 is 1.77 bits per heavy atom. The SMILES string of the molecule is COc1cccc(NC(=O)Nc2cccc(C(O)CO)c2)c1. The molecular formula is C16H18N2O4. The van der Waals surface area contributed by atoms with Crippen LogP contribution >= 0.6 is 0 Å². The Morgan fingerprint density at radius 3 is 2.41 bits per heavy atom. The number of methoxy groups -OCH3 is 1. The summed E-state index contributed by atoms with van der Waals surface area (Å²) in [6.45, 7) is -0.376. The molecule has 0 fully saturated rings. The Balaban J connectivity index is 2.02. The summed E-state index contributed by atoms with van der Waals surface area (Å²) in [7, 11) is 1.55. The fourth-order valence-electron chi connectivity index (χ4n) is 1.92. The highest BCUT2D eigenvalue weighted by Gasteiger charge is 2.08. The van der Waals surface area contributed by atoms with Gasteiger partial charge in [0, 0.05) is 17.4 Å². The van der Waals surface area contributed by atoms with Crippen LogP contribution in [-0.2, 0) is 0 Å². The number of aliphatic hydroxyl groups is 2. The minimum atomic E-state index is -0.969. The summed E-state index contributed by atoms with van der Waals surface area (Å²) in [5.74, 6) is 0.644. The van der Waals surface area contributed by atoms with Crippen molar-refractivity contribution in [1.82, 2.24) is 0 Å². The Hall–Kier alpha value is -2.57. The number of hydrogen-bond acceptors (Lipinski definition) is 4. The molecule has 2 amide bonds. The highest BCUT2D eigenvalue weighted by atomic mass is 16.5. The second kappa shape index (κ2) is 7.44. The van der Waals surface area contributed by atoms with Gasteiger partial charge in [0.1, 0.15) is 11.9 Å². The lowest BCUT2D eigenvalue weighted by Gasteiger charge is -2.11. The van der Waals surface area contributed by atoms with Crippen molar-refractivity contribution in [2.45, 2.75) is 6.10 Å². The van der Waals surface area contributed by atoms with E-state index in [1.165, 1.54) is 0 Å². The van der Waals surface area contributed by atoms with Crippen molar-refractivity contribution in [3.63, 3.8) is 0 Å². The Morgan fingerprint density at radius 1 is 1.14 bits per heavy atom. The van der Waals surface area contributed by atoms with Gasteiger partial charge in [-0.2, -0.15) is 0 Å². The lowest BCUT2D eigenvalue weighted by molar-refractivity contribution is 0.0956. The van der Waals surface area contributed by atoms with Gasteiger partial charge >= 0.3 is 6.03 Å². The zero-order chi connectivity index (χ0) is 15.9. The Kier molecular flexibility index (Phi) is 5.35. The molecule has 0 aliphatic carbocycles. The number of carbonyl (C=O) groups is 1. The van der Waals surface area contributed by atoms with Gasteiger partial charge in [0.05, 0.1) is 13.7 Å². The van der Waals surface area contributed by atoms with Gasteiger partial charge in [-0.25, -0.2) is 4.79 Å². The van der Waals surface area contributed by atoms with E-state index in [0.717, 1.165) is 0 Å². The molecule has 22 heavy (non-hydrogen) atoms. The zero-order valence-corrected chi connectivity index (χ0v) is 12.1. The number of anilines is 2. The molecule has 0 aliphatic rings. The summed E-state index contributed by atoms with van der Waals surface area (Å²) < 4.78 is 5.09. The minimum absolute atomic E-state index is 0.376. The number of ether oxygens (including phenoxy) is 1. The first kappa shape index (κ1) is 15.8. The predicted octanol–water partition coefficient (Wildman–Crippen LogP) is 2.36. The van der Waals surface area contributed by atoms with E-state index in [4.69, 9.17) is 9.84 Å². The van der Waals surface area contributed by atoms with E-state index in [0.29, 0.717) is 22.7 Å². The van der Waals surface area contributed by atoms with Gasteiger partial charge in [0.25, 0.3) is 0 Å². The summed E-state index contributed by atoms with van der Waals surface area (Å²) in [5, 5.41) is 23.9. The lowest BCUT2D eigenvalue weighted by atomic mass is 10.1. The smallest absolute Gasteiger partial charge is 0.323 e. The van der Waals surface area contributed by atoms with Crippen molar-refractivity contribution in [1.29, 1.82) is 0 Å². The van der Waals surface area contributed by atoms with Crippen LogP contribution in [0.25, 0.3) is 0 Å². The third-order valence-corrected chi connectivity index (χ3v) is 3.03. The molecule has 2 aromatic rings. The monoisotopic (exact) mass is 302 g/mol. The molecule has 1 unspecified atom stereocenters. The Bertz CT molecular complexity index is 646. The van der Waals surface area contributed by atoms with Crippen molar-refractivity contribution < 1.29 is 19.7 Å². The number of benzene rings is 2. The molecule has 2 aromatic carbocycles. The van der Waals surface area contributed by atoms with Gasteiger partial charge in [-0.1, -0.05) is 18.2 Å². The molecule has 0 bridgehead atoms. The molecule has 2 rings (SSSR count). The van der Waals surface area contributed by atoms with Gasteiger partial charge in [0.2, 0.25) is 0 Å². The summed E-state index contributed by atoms with van der Waals surface area (Å²) >= 11 is 0. The third-order valence-electron chi connectivity index (χ3n) is 3.03. The Labute approximate surface area is 128 Å². The highest BCUT2D eigenvalue weighted by Crippen LogP contribution is 2.19. The maximum atomic E-state index is 12.0. The van der Waals surface area contributed by atoms with Crippen molar-refractivity contribution in [2.24, 2.45) is 0 Å². The topological polar surface area (TPSA) is 90.8 Å². The number of nitrogens with one attached hydrogen (secondary N) is 2. The van der Waals surface area contributed by atoms with E-state index < -0.39 is 12.1 Å². The number of amides is 2. The van der Waals surface area contributed by atoms with Gasteiger partial charge in [-0.15, -0.1) is 0 Å². The van der Waals surface area contributed by atoms with Gasteiger partial charge < -0.3 is 25.6 Å². The van der Waals surface area contributed by atoms with Crippen LogP contribution in [0.3, 0.4) is 0 Å². The van der Waals surface area contributed by atoms with Crippen molar-refractivity contribution in [3.8, 4) is 5.75 Å². The van der Waals surface area contributed by atoms with Crippen molar-refractivity contribution >= 4 is 17.4 Å². The lowest BCUT2D eigenvalue weighted by Crippen LogP contribution is -2.19. The van der Waals surface area contributed by atoms with Crippen molar-refractivity contribution in [2.75, 3.05) is 24.4 Å². The van der Waals surface area contributed by atoms with Crippen LogP contribution in [-0.4, -0.2) is 30.0 Å². The van der Waals surface area contributed by atoms with Crippen LogP contribution in [0.5, 0.6) is 5.75 Å². The summed E-state index contributed by atoms with van der Waals surface area (Å²) in [6, 6.07) is 13.2. The van der Waals surface area contributed by atoms with E-state index in [-0.39, 0.29) is 6.61 Å². The number of hydrogen-bond donors (Lipinski definition) is 4. The quantitative estimate of drug-likeness (QED) is 0.682. The molecule has 116 valence electrons. The maximum absolute atomic E-state index is 12.0. The largest absolute Gasteiger partial charge is 0.497 e. The van der Waals surface area contributed by atoms with E-state index >= 15 is 0 Å². The highest BCUT2D eigenvalue weighted by molar-refractivity contribution is 5.99. The van der Waals surface area contributed by atoms with Crippen LogP contribution in [0.15, 0.2) is 48.5 Å². The molecule has 0 aromatic heterocycles. The molecule has 0 radical (unpaired) electrons. The predicted molar refractivity (Wildman–Crippen MR) is 84.1 cm³/mol. The fraction of sp³-hybridized carbons (Fsp3) is 0.188. The third kappa shape index (κ3) is 4.21. The first-order chi connectivity index (χ1) is 10.6. The molecule has 0 saturated carbocycles. The zero-order valence-electron chi connectivity index (χ0n) is 12.1. The molecule has 6 nitrogen and oxygen atoms in total. The maximum Gasteiger partial charge on any atom is 0.323 e. The minimum Gasteiger partial charge on any atom is -0.497 e. The summed E-state index contributed by atoms with van der Waals surface area (Å²) in [5.41, 5.74) is 1.65. The van der Waals surface area contributed by atoms with Crippen LogP contribution < -0.4 is 15.4 Å². The molecule has 1 atom stereocenters. The van der Waals surface area contributed by atoms with Crippen LogP contribution in [0, 0.1) is 0 Å². The molecule has 0 saturated heterocycles. The van der Waals surface area contributed by atoms with Crippen molar-refractivity contribution in [3.05, 3.63) is 54.1 Å². The number of carbonyl (C=O) groups excluding carboxylic acids is 1. The van der Waals surface area contributed by atoms with E-state index in [1.807, 2.05) is 0 Å². The van der Waals surface area contributed by atoms with Gasteiger partial charge in [-0.3, -0.25) is 0 Å². The van der Waals surface area contributed by atoms with Crippen LogP contribution in [0.4, 0.5) is 16.2 Å².